The van der Waals surface area contributed by atoms with Crippen molar-refractivity contribution < 1.29 is 127 Å². The van der Waals surface area contributed by atoms with Gasteiger partial charge < -0.3 is 37.4 Å². The predicted octanol–water partition coefficient (Wildman–Crippen LogP) is 6.25. The van der Waals surface area contributed by atoms with E-state index in [2.05, 4.69) is 19.9 Å². The van der Waals surface area contributed by atoms with Gasteiger partial charge in [-0.3, -0.25) is 0 Å². The van der Waals surface area contributed by atoms with Gasteiger partial charge in [-0.25, -0.2) is 9.59 Å². The molecule has 5 rings (SSSR count). The van der Waals surface area contributed by atoms with Gasteiger partial charge in [-0.2, -0.15) is 28.8 Å². The summed E-state index contributed by atoms with van der Waals surface area (Å²) < 4.78 is 32.5. The molecule has 0 saturated heterocycles. The fourth-order valence-corrected chi connectivity index (χ4v) is 6.66. The van der Waals surface area contributed by atoms with Crippen molar-refractivity contribution in [3.05, 3.63) is 116 Å². The van der Waals surface area contributed by atoms with Crippen molar-refractivity contribution >= 4 is 65.5 Å². The van der Waals surface area contributed by atoms with E-state index in [1.165, 1.54) is 11.1 Å². The molecule has 0 spiro atoms. The number of alkyl halides is 1. The summed E-state index contributed by atoms with van der Waals surface area (Å²) in [5.74, 6) is 10.2. The number of furan rings is 5. The monoisotopic (exact) mass is 934 g/mol. The Morgan fingerprint density at radius 2 is 0.984 bits per heavy atom. The van der Waals surface area contributed by atoms with Gasteiger partial charge in [0.25, 0.3) is 0 Å². The van der Waals surface area contributed by atoms with E-state index in [0.29, 0.717) is 46.8 Å². The normalized spacial score (nSPS) is 9.20. The smallest absolute Gasteiger partial charge is 0.870 e. The summed E-state index contributed by atoms with van der Waals surface area (Å²) in [6, 6.07) is 11.3. The number of aromatic carboxylic acids is 1. The van der Waals surface area contributed by atoms with Crippen LogP contribution in [-0.4, -0.2) is 47.6 Å². The minimum atomic E-state index is -0.950. The molecule has 0 aliphatic carbocycles. The van der Waals surface area contributed by atoms with Crippen LogP contribution in [-0.2, 0) is 75.2 Å². The summed E-state index contributed by atoms with van der Waals surface area (Å²) in [5, 5.41) is 8.90. The second-order valence-electron chi connectivity index (χ2n) is 11.6. The van der Waals surface area contributed by atoms with Gasteiger partial charge in [0.15, 0.2) is 0 Å². The van der Waals surface area contributed by atoms with Crippen LogP contribution in [0.5, 0.6) is 0 Å². The number of hydrogen-bond donors (Lipinski definition) is 1. The first-order chi connectivity index (χ1) is 28.1. The molecule has 16 nitrogen and oxygen atoms in total. The Balaban J connectivity index is -0.000000772. The first-order valence-corrected chi connectivity index (χ1v) is 20.5. The number of carbonyl (C=O) groups excluding carboxylic acids is 7. The zero-order valence-electron chi connectivity index (χ0n) is 35.4. The summed E-state index contributed by atoms with van der Waals surface area (Å²) in [7, 11) is 0. The zero-order valence-corrected chi connectivity index (χ0v) is 40.9. The average Bonchev–Trinajstić information content (AvgIpc) is 4.02. The molecule has 0 bridgehead atoms. The first kappa shape index (κ1) is 61.4. The molecule has 5 aromatic heterocycles. The number of aryl methyl sites for hydroxylation is 7. The molecule has 0 atom stereocenters. The summed E-state index contributed by atoms with van der Waals surface area (Å²) in [5.41, 5.74) is 3.27. The van der Waals surface area contributed by atoms with Crippen molar-refractivity contribution in [1.29, 1.82) is 0 Å². The molecule has 0 radical (unpaired) electrons. The third-order valence-electron chi connectivity index (χ3n) is 7.47. The molecule has 5 heterocycles. The van der Waals surface area contributed by atoms with E-state index in [4.69, 9.17) is 72.3 Å². The molecule has 61 heavy (non-hydrogen) atoms. The summed E-state index contributed by atoms with van der Waals surface area (Å²) in [6.07, 6.45) is 2.76. The Morgan fingerprint density at radius 1 is 0.607 bits per heavy atom. The van der Waals surface area contributed by atoms with E-state index in [1.807, 2.05) is 39.0 Å². The fraction of sp³-hybridized carbons (Fsp3) is 0.390. The third kappa shape index (κ3) is 24.3. The van der Waals surface area contributed by atoms with Crippen LogP contribution in [0.4, 0.5) is 0 Å². The Hall–Kier alpha value is -3.93. The number of esters is 1. The van der Waals surface area contributed by atoms with Gasteiger partial charge in [-0.05, 0) is 102 Å². The molecule has 0 unspecified atom stereocenters. The van der Waals surface area contributed by atoms with E-state index in [9.17, 15) is 9.59 Å². The maximum absolute atomic E-state index is 11.7. The van der Waals surface area contributed by atoms with Crippen LogP contribution < -0.4 is 51.4 Å². The van der Waals surface area contributed by atoms with E-state index in [0.717, 1.165) is 64.7 Å². The van der Waals surface area contributed by atoms with Gasteiger partial charge >= 0.3 is 81.8 Å². The number of ether oxygens (including phenoxy) is 1. The van der Waals surface area contributed by atoms with Crippen LogP contribution >= 0.6 is 35.1 Å². The summed E-state index contributed by atoms with van der Waals surface area (Å²) in [4.78, 5) is 71.3. The van der Waals surface area contributed by atoms with Gasteiger partial charge in [0.1, 0.15) is 68.7 Å². The van der Waals surface area contributed by atoms with Gasteiger partial charge in [0, 0.05) is 0 Å². The number of carbonyl (C=O) groups is 2. The van der Waals surface area contributed by atoms with Crippen molar-refractivity contribution in [2.45, 2.75) is 97.1 Å². The molecule has 20 heteroatoms. The van der Waals surface area contributed by atoms with Crippen molar-refractivity contribution in [3.63, 3.8) is 0 Å². The van der Waals surface area contributed by atoms with Crippen LogP contribution in [0.3, 0.4) is 0 Å². The number of thioether (sulfide) groups is 2. The Bertz CT molecular complexity index is 2080. The van der Waals surface area contributed by atoms with Crippen molar-refractivity contribution in [2.75, 3.05) is 6.61 Å². The molecule has 0 saturated carbocycles. The molecule has 2 N–H and O–H groups in total. The fourth-order valence-electron chi connectivity index (χ4n) is 4.93. The SMILES string of the molecule is CCOC(=O)c1cc(CSCc2cc(CC)c(C)o2)oc1C.CCc1cc(CCl)oc1C.Cc1ccc(CSCc2cc(C(=O)O)c(C)o2)o1.O=C=O.O=C=O.O=C=O.[K+].[OH-]. The Labute approximate surface area is 408 Å². The van der Waals surface area contributed by atoms with Crippen molar-refractivity contribution in [1.82, 2.24) is 0 Å². The third-order valence-corrected chi connectivity index (χ3v) is 9.69. The number of halogens is 1. The summed E-state index contributed by atoms with van der Waals surface area (Å²) >= 11 is 8.90. The molecule has 0 amide bonds. The largest absolute Gasteiger partial charge is 1.00 e. The minimum absolute atomic E-state index is 0. The van der Waals surface area contributed by atoms with Gasteiger partial charge in [-0.1, -0.05) is 13.8 Å². The second-order valence-corrected chi connectivity index (χ2v) is 13.8. The maximum atomic E-state index is 11.7. The van der Waals surface area contributed by atoms with Crippen LogP contribution in [0, 0.1) is 34.6 Å². The van der Waals surface area contributed by atoms with Crippen LogP contribution in [0.1, 0.15) is 110 Å². The van der Waals surface area contributed by atoms with E-state index < -0.39 is 5.97 Å². The van der Waals surface area contributed by atoms with Gasteiger partial charge in [-0.15, -0.1) is 35.1 Å². The Kier molecular flexibility index (Phi) is 35.9. The quantitative estimate of drug-likeness (QED) is 0.0733. The molecule has 5 aromatic rings. The Morgan fingerprint density at radius 3 is 1.33 bits per heavy atom. The number of hydrogen-bond acceptors (Lipinski definition) is 17. The molecule has 0 fully saturated rings. The first-order valence-electron chi connectivity index (χ1n) is 17.6. The number of carboxylic acids is 1. The molecule has 0 aromatic carbocycles. The summed E-state index contributed by atoms with van der Waals surface area (Å²) in [6.45, 7) is 15.7. The van der Waals surface area contributed by atoms with Crippen LogP contribution in [0.25, 0.3) is 0 Å². The molecular formula is C41H48ClKO16S2. The second kappa shape index (κ2) is 35.6. The van der Waals surface area contributed by atoms with Crippen molar-refractivity contribution in [3.8, 4) is 0 Å². The minimum Gasteiger partial charge on any atom is -0.870 e. The molecule has 328 valence electrons. The van der Waals surface area contributed by atoms with Crippen LogP contribution in [0.15, 0.2) is 58.5 Å². The molecular weight excluding hydrogens is 887 g/mol. The number of rotatable bonds is 14. The predicted molar refractivity (Wildman–Crippen MR) is 215 cm³/mol. The molecule has 0 aliphatic rings. The van der Waals surface area contributed by atoms with E-state index in [-0.39, 0.29) is 86.8 Å². The number of carboxylic acid groups (broad SMARTS) is 1. The van der Waals surface area contributed by atoms with E-state index >= 15 is 0 Å². The van der Waals surface area contributed by atoms with Crippen molar-refractivity contribution in [2.24, 2.45) is 0 Å². The average molecular weight is 936 g/mol. The van der Waals surface area contributed by atoms with Gasteiger partial charge in [0.2, 0.25) is 0 Å². The maximum Gasteiger partial charge on any atom is 1.00 e. The molecule has 0 aliphatic heterocycles. The van der Waals surface area contributed by atoms with Crippen LogP contribution in [0.2, 0.25) is 0 Å². The topological polar surface area (TPSA) is 262 Å². The van der Waals surface area contributed by atoms with Gasteiger partial charge in [0.05, 0.1) is 35.5 Å². The van der Waals surface area contributed by atoms with E-state index in [1.54, 1.807) is 56.4 Å². The standard InChI is InChI=1S/C17H22O4S.C13H14O4S.C8H11ClO.3CO2.K.H2O/c1-5-13-7-14(20-11(13)3)9-22-10-15-8-16(12(4)21-15)17(18)19-6-2;1-8-3-4-10(16-8)6-18-7-11-5-12(13(14)15)9(2)17-11;1-3-7-4-8(5-9)10-6(7)2;3*2-1-3;;/h7-8H,5-6,9-10H2,1-4H3;3-5H,6-7H2,1-2H3,(H,14,15);4H,3,5H2,1-2H3;;;;;1H2/q;;;;;;+1;/p-1. The zero-order chi connectivity index (χ0) is 44.9.